The van der Waals surface area contributed by atoms with Crippen LogP contribution in [-0.4, -0.2) is 17.1 Å². The number of halogens is 1. The Kier molecular flexibility index (Phi) is 2.56. The Morgan fingerprint density at radius 1 is 1.50 bits per heavy atom. The highest BCUT2D eigenvalue weighted by Crippen LogP contribution is 2.27. The third kappa shape index (κ3) is 1.35. The Hall–Kier alpha value is 0.690. The molecular formula is C6H11IO. The van der Waals surface area contributed by atoms with Crippen LogP contribution in [0.5, 0.6) is 0 Å². The molecule has 0 bridgehead atoms. The molecule has 1 nitrogen and oxygen atoms in total. The first-order chi connectivity index (χ1) is 3.84. The lowest BCUT2D eigenvalue weighted by molar-refractivity contribution is 0.116. The molecule has 1 fully saturated rings. The molecule has 1 saturated carbocycles. The van der Waals surface area contributed by atoms with Crippen LogP contribution in [0.15, 0.2) is 0 Å². The van der Waals surface area contributed by atoms with Crippen LogP contribution in [0, 0.1) is 0 Å². The Bertz CT molecular complexity index is 74.9. The topological polar surface area (TPSA) is 9.23 Å². The van der Waals surface area contributed by atoms with Gasteiger partial charge in [0.15, 0.2) is 0 Å². The molecule has 1 unspecified atom stereocenters. The van der Waals surface area contributed by atoms with Crippen molar-refractivity contribution in [2.45, 2.75) is 29.3 Å². The third-order valence-electron chi connectivity index (χ3n) is 1.67. The van der Waals surface area contributed by atoms with Gasteiger partial charge >= 0.3 is 0 Å². The molecule has 0 aromatic rings. The van der Waals surface area contributed by atoms with Gasteiger partial charge in [-0.05, 0) is 19.3 Å². The average Bonchev–Trinajstić information content (AvgIpc) is 2.14. The molecule has 0 heterocycles. The van der Waals surface area contributed by atoms with Crippen LogP contribution in [-0.2, 0) is 4.74 Å². The standard InChI is InChI=1S/C6H11IO/c1-8-6-4-2-3-5(6)7/h5-6H,2-4H2,1H3/t5?,6-/m0/s1. The molecule has 2 atom stereocenters. The van der Waals surface area contributed by atoms with E-state index in [1.54, 1.807) is 0 Å². The van der Waals surface area contributed by atoms with Crippen molar-refractivity contribution in [2.75, 3.05) is 7.11 Å². The Labute approximate surface area is 63.9 Å². The summed E-state index contributed by atoms with van der Waals surface area (Å²) in [6.45, 7) is 0. The number of alkyl halides is 1. The van der Waals surface area contributed by atoms with Crippen molar-refractivity contribution in [3.63, 3.8) is 0 Å². The molecule has 0 spiro atoms. The van der Waals surface area contributed by atoms with Crippen LogP contribution in [0.1, 0.15) is 19.3 Å². The lowest BCUT2D eigenvalue weighted by Gasteiger charge is -2.09. The molecule has 0 N–H and O–H groups in total. The number of hydrogen-bond donors (Lipinski definition) is 0. The van der Waals surface area contributed by atoms with E-state index in [1.807, 2.05) is 7.11 Å². The number of methoxy groups -OCH3 is 1. The van der Waals surface area contributed by atoms with E-state index in [0.717, 1.165) is 3.92 Å². The number of hydrogen-bond acceptors (Lipinski definition) is 1. The van der Waals surface area contributed by atoms with E-state index >= 15 is 0 Å². The molecule has 2 heteroatoms. The first-order valence-electron chi connectivity index (χ1n) is 3.01. The van der Waals surface area contributed by atoms with Gasteiger partial charge in [-0.15, -0.1) is 0 Å². The van der Waals surface area contributed by atoms with Crippen molar-refractivity contribution in [1.29, 1.82) is 0 Å². The predicted octanol–water partition coefficient (Wildman–Crippen LogP) is 1.99. The predicted molar refractivity (Wildman–Crippen MR) is 42.5 cm³/mol. The van der Waals surface area contributed by atoms with Gasteiger partial charge in [-0.2, -0.15) is 0 Å². The molecule has 0 aliphatic heterocycles. The monoisotopic (exact) mass is 226 g/mol. The molecule has 1 aliphatic carbocycles. The fourth-order valence-corrected chi connectivity index (χ4v) is 2.24. The van der Waals surface area contributed by atoms with Gasteiger partial charge in [0.1, 0.15) is 0 Å². The molecule has 0 radical (unpaired) electrons. The zero-order valence-electron chi connectivity index (χ0n) is 5.06. The number of ether oxygens (including phenoxy) is 1. The fourth-order valence-electron chi connectivity index (χ4n) is 1.15. The van der Waals surface area contributed by atoms with Gasteiger partial charge in [-0.3, -0.25) is 0 Å². The maximum atomic E-state index is 5.22. The molecule has 48 valence electrons. The summed E-state index contributed by atoms with van der Waals surface area (Å²) in [7, 11) is 1.81. The van der Waals surface area contributed by atoms with Crippen molar-refractivity contribution in [3.05, 3.63) is 0 Å². The minimum absolute atomic E-state index is 0.551. The first-order valence-corrected chi connectivity index (χ1v) is 4.26. The van der Waals surface area contributed by atoms with E-state index in [0.29, 0.717) is 6.10 Å². The minimum atomic E-state index is 0.551. The van der Waals surface area contributed by atoms with Gasteiger partial charge in [0, 0.05) is 11.0 Å². The van der Waals surface area contributed by atoms with Gasteiger partial charge in [0.2, 0.25) is 0 Å². The highest BCUT2D eigenvalue weighted by molar-refractivity contribution is 14.1. The van der Waals surface area contributed by atoms with E-state index in [-0.39, 0.29) is 0 Å². The molecule has 1 aliphatic rings. The largest absolute Gasteiger partial charge is 0.380 e. The lowest BCUT2D eigenvalue weighted by atomic mass is 10.3. The maximum absolute atomic E-state index is 5.22. The normalized spacial score (nSPS) is 38.2. The van der Waals surface area contributed by atoms with Crippen molar-refractivity contribution < 1.29 is 4.74 Å². The Balaban J connectivity index is 2.30. The van der Waals surface area contributed by atoms with E-state index < -0.39 is 0 Å². The van der Waals surface area contributed by atoms with Crippen LogP contribution in [0.25, 0.3) is 0 Å². The van der Waals surface area contributed by atoms with Gasteiger partial charge in [-0.25, -0.2) is 0 Å². The van der Waals surface area contributed by atoms with Gasteiger partial charge < -0.3 is 4.74 Å². The Morgan fingerprint density at radius 3 is 2.50 bits per heavy atom. The molecule has 0 aromatic heterocycles. The maximum Gasteiger partial charge on any atom is 0.0688 e. The summed E-state index contributed by atoms with van der Waals surface area (Å²) in [5.74, 6) is 0. The first kappa shape index (κ1) is 6.81. The lowest BCUT2D eigenvalue weighted by Crippen LogP contribution is -2.14. The van der Waals surface area contributed by atoms with E-state index in [1.165, 1.54) is 19.3 Å². The highest BCUT2D eigenvalue weighted by Gasteiger charge is 2.23. The summed E-state index contributed by atoms with van der Waals surface area (Å²) in [6, 6.07) is 0. The summed E-state index contributed by atoms with van der Waals surface area (Å²) < 4.78 is 5.99. The van der Waals surface area contributed by atoms with Crippen LogP contribution >= 0.6 is 22.6 Å². The van der Waals surface area contributed by atoms with E-state index in [2.05, 4.69) is 22.6 Å². The van der Waals surface area contributed by atoms with Gasteiger partial charge in [-0.1, -0.05) is 22.6 Å². The molecule has 1 rings (SSSR count). The SMILES string of the molecule is CO[C@H]1CCCC1I. The average molecular weight is 226 g/mol. The van der Waals surface area contributed by atoms with Crippen LogP contribution in [0.3, 0.4) is 0 Å². The molecule has 8 heavy (non-hydrogen) atoms. The third-order valence-corrected chi connectivity index (χ3v) is 3.10. The van der Waals surface area contributed by atoms with Crippen LogP contribution in [0.2, 0.25) is 0 Å². The van der Waals surface area contributed by atoms with Crippen LogP contribution in [0.4, 0.5) is 0 Å². The van der Waals surface area contributed by atoms with Gasteiger partial charge in [0.05, 0.1) is 6.10 Å². The van der Waals surface area contributed by atoms with E-state index in [4.69, 9.17) is 4.74 Å². The smallest absolute Gasteiger partial charge is 0.0688 e. The molecule has 0 amide bonds. The minimum Gasteiger partial charge on any atom is -0.380 e. The quantitative estimate of drug-likeness (QED) is 0.490. The zero-order chi connectivity index (χ0) is 5.98. The fraction of sp³-hybridized carbons (Fsp3) is 1.00. The van der Waals surface area contributed by atoms with E-state index in [9.17, 15) is 0 Å². The van der Waals surface area contributed by atoms with Crippen molar-refractivity contribution in [3.8, 4) is 0 Å². The summed E-state index contributed by atoms with van der Waals surface area (Å²) in [6.07, 6.45) is 4.52. The second-order valence-corrected chi connectivity index (χ2v) is 3.82. The van der Waals surface area contributed by atoms with Gasteiger partial charge in [0.25, 0.3) is 0 Å². The van der Waals surface area contributed by atoms with Crippen molar-refractivity contribution >= 4 is 22.6 Å². The van der Waals surface area contributed by atoms with Crippen molar-refractivity contribution in [2.24, 2.45) is 0 Å². The summed E-state index contributed by atoms with van der Waals surface area (Å²) in [5, 5.41) is 0. The Morgan fingerprint density at radius 2 is 2.25 bits per heavy atom. The second-order valence-electron chi connectivity index (χ2n) is 2.22. The summed E-state index contributed by atoms with van der Waals surface area (Å²) >= 11 is 2.47. The molecule has 0 saturated heterocycles. The van der Waals surface area contributed by atoms with Crippen molar-refractivity contribution in [1.82, 2.24) is 0 Å². The number of rotatable bonds is 1. The highest BCUT2D eigenvalue weighted by atomic mass is 127. The zero-order valence-corrected chi connectivity index (χ0v) is 7.22. The summed E-state index contributed by atoms with van der Waals surface area (Å²) in [4.78, 5) is 0. The van der Waals surface area contributed by atoms with Crippen LogP contribution < -0.4 is 0 Å². The molecule has 0 aromatic carbocycles. The summed E-state index contributed by atoms with van der Waals surface area (Å²) in [5.41, 5.74) is 0. The second kappa shape index (κ2) is 3.01. The molecular weight excluding hydrogens is 215 g/mol.